The van der Waals surface area contributed by atoms with Crippen molar-refractivity contribution in [2.24, 2.45) is 5.73 Å². The van der Waals surface area contributed by atoms with Crippen LogP contribution in [-0.4, -0.2) is 118 Å². The predicted molar refractivity (Wildman–Crippen MR) is 139 cm³/mol. The number of hydrogen-bond donors (Lipinski definition) is 9. The number of nitrogens with two attached hydrogens (primary N) is 1. The van der Waals surface area contributed by atoms with Gasteiger partial charge < -0.3 is 56.7 Å². The molecule has 5 unspecified atom stereocenters. The van der Waals surface area contributed by atoms with E-state index in [9.17, 15) is 44.4 Å². The molecule has 0 aliphatic carbocycles. The number of rotatable bonds is 18. The van der Waals surface area contributed by atoms with Crippen LogP contribution in [-0.2, 0) is 28.7 Å². The fraction of sp³-hybridized carbons (Fsp3) is 0.792. The van der Waals surface area contributed by atoms with Crippen molar-refractivity contribution >= 4 is 29.8 Å². The molecule has 0 heterocycles. The maximum absolute atomic E-state index is 13.0. The molecule has 0 spiro atoms. The number of amides is 3. The minimum atomic E-state index is -2.42. The van der Waals surface area contributed by atoms with Crippen LogP contribution in [0, 0.1) is 0 Å². The molecule has 0 aromatic heterocycles. The van der Waals surface area contributed by atoms with Crippen LogP contribution in [0.25, 0.3) is 0 Å². The number of nitrogens with one attached hydrogen (secondary N) is 3. The molecule has 3 amide bonds. The van der Waals surface area contributed by atoms with Gasteiger partial charge in [-0.25, -0.2) is 14.4 Å². The third-order valence-electron chi connectivity index (χ3n) is 5.49. The lowest BCUT2D eigenvalue weighted by atomic mass is 10.0. The number of unbranched alkanes of at least 4 members (excludes halogenated alkanes) is 2. The number of methoxy groups -OCH3 is 1. The molecule has 16 heteroatoms. The molecule has 0 radical (unpaired) electrons. The number of hydrogen-bond acceptors (Lipinski definition) is 12. The van der Waals surface area contributed by atoms with Gasteiger partial charge in [0, 0.05) is 6.54 Å². The normalized spacial score (nSPS) is 15.9. The lowest BCUT2D eigenvalue weighted by Crippen LogP contribution is -2.53. The highest BCUT2D eigenvalue weighted by Crippen LogP contribution is 2.10. The van der Waals surface area contributed by atoms with E-state index in [1.807, 2.05) is 0 Å². The molecule has 0 saturated carbocycles. The fourth-order valence-corrected chi connectivity index (χ4v) is 3.34. The van der Waals surface area contributed by atoms with E-state index < -0.39 is 71.9 Å². The first kappa shape index (κ1) is 36.9. The second kappa shape index (κ2) is 18.3. The molecule has 0 aromatic carbocycles. The van der Waals surface area contributed by atoms with Gasteiger partial charge in [0.05, 0.1) is 7.11 Å². The summed E-state index contributed by atoms with van der Waals surface area (Å²) in [7, 11) is 1.18. The summed E-state index contributed by atoms with van der Waals surface area (Å²) < 4.78 is 9.96. The minimum absolute atomic E-state index is 0.0618. The largest absolute Gasteiger partial charge is 0.479 e. The van der Waals surface area contributed by atoms with Crippen molar-refractivity contribution in [1.82, 2.24) is 16.0 Å². The molecule has 0 aliphatic rings. The highest BCUT2D eigenvalue weighted by atomic mass is 16.6. The van der Waals surface area contributed by atoms with Gasteiger partial charge in [0.25, 0.3) is 5.91 Å². The van der Waals surface area contributed by atoms with Crippen LogP contribution < -0.4 is 21.7 Å². The first-order valence-electron chi connectivity index (χ1n) is 12.9. The molecule has 0 bridgehead atoms. The van der Waals surface area contributed by atoms with E-state index in [1.165, 1.54) is 7.11 Å². The van der Waals surface area contributed by atoms with E-state index in [-0.39, 0.29) is 32.2 Å². The van der Waals surface area contributed by atoms with Crippen molar-refractivity contribution in [3.8, 4) is 0 Å². The van der Waals surface area contributed by atoms with Crippen molar-refractivity contribution in [2.75, 3.05) is 20.2 Å². The molecule has 6 atom stereocenters. The average Bonchev–Trinajstić information content (AvgIpc) is 2.87. The van der Waals surface area contributed by atoms with Crippen LogP contribution in [0.1, 0.15) is 59.3 Å². The summed E-state index contributed by atoms with van der Waals surface area (Å²) in [6.07, 6.45) is -8.12. The standard InChI is InChI=1S/C24H44N4O12/c1-24(2,3)40-23(38)28-13(19(33)27-14(22(37)39-4)10-5-7-11-25)9-6-8-12-26-20(34)17(31)15(29)16(30)18(32)21(35)36/h13-18,29-32H,5-12,25H2,1-4H3,(H,26,34)(H,27,33)(H,28,38)(H,35,36)/t13-,14?,15?,16?,17?,18?/m1/s1. The summed E-state index contributed by atoms with van der Waals surface area (Å²) >= 11 is 0. The summed E-state index contributed by atoms with van der Waals surface area (Å²) in [5, 5.41) is 54.4. The van der Waals surface area contributed by atoms with E-state index in [0.717, 1.165) is 0 Å². The number of carbonyl (C=O) groups excluding carboxylic acids is 4. The molecule has 0 fully saturated rings. The number of ether oxygens (including phenoxy) is 2. The van der Waals surface area contributed by atoms with Crippen molar-refractivity contribution in [2.45, 2.75) is 101 Å². The molecule has 0 saturated heterocycles. The molecule has 232 valence electrons. The number of aliphatic hydroxyl groups excluding tert-OH is 4. The van der Waals surface area contributed by atoms with Crippen LogP contribution in [0.5, 0.6) is 0 Å². The average molecular weight is 581 g/mol. The SMILES string of the molecule is COC(=O)C(CCCCN)NC(=O)[C@@H](CCCCNC(=O)C(O)C(O)C(O)C(O)C(=O)O)NC(=O)OC(C)(C)C. The smallest absolute Gasteiger partial charge is 0.408 e. The molecule has 16 nitrogen and oxygen atoms in total. The molecule has 10 N–H and O–H groups in total. The zero-order chi connectivity index (χ0) is 31.0. The Balaban J connectivity index is 5.12. The zero-order valence-electron chi connectivity index (χ0n) is 23.3. The van der Waals surface area contributed by atoms with Gasteiger partial charge in [-0.15, -0.1) is 0 Å². The molecule has 0 aliphatic heterocycles. The number of carboxylic acid groups (broad SMARTS) is 1. The lowest BCUT2D eigenvalue weighted by Gasteiger charge is -2.25. The van der Waals surface area contributed by atoms with Crippen molar-refractivity contribution in [1.29, 1.82) is 0 Å². The minimum Gasteiger partial charge on any atom is -0.479 e. The van der Waals surface area contributed by atoms with Gasteiger partial charge >= 0.3 is 18.0 Å². The Morgan fingerprint density at radius 2 is 1.35 bits per heavy atom. The van der Waals surface area contributed by atoms with E-state index >= 15 is 0 Å². The fourth-order valence-electron chi connectivity index (χ4n) is 3.34. The Kier molecular flexibility index (Phi) is 16.9. The second-order valence-corrected chi connectivity index (χ2v) is 10.1. The summed E-state index contributed by atoms with van der Waals surface area (Å²) in [5.74, 6) is -4.32. The third kappa shape index (κ3) is 14.4. The number of carbonyl (C=O) groups is 5. The molecule has 40 heavy (non-hydrogen) atoms. The summed E-state index contributed by atoms with van der Waals surface area (Å²) in [4.78, 5) is 60.2. The Labute approximate surface area is 232 Å². The van der Waals surface area contributed by atoms with Gasteiger partial charge in [-0.05, 0) is 65.8 Å². The zero-order valence-corrected chi connectivity index (χ0v) is 23.3. The molecule has 0 aromatic rings. The quantitative estimate of drug-likeness (QED) is 0.0599. The van der Waals surface area contributed by atoms with E-state index in [2.05, 4.69) is 16.0 Å². The Morgan fingerprint density at radius 1 is 0.800 bits per heavy atom. The monoisotopic (exact) mass is 580 g/mol. The van der Waals surface area contributed by atoms with E-state index in [4.69, 9.17) is 20.3 Å². The Hall–Kier alpha value is -3.05. The summed E-state index contributed by atoms with van der Waals surface area (Å²) in [6.45, 7) is 5.26. The van der Waals surface area contributed by atoms with Crippen LogP contribution in [0.15, 0.2) is 0 Å². The van der Waals surface area contributed by atoms with Gasteiger partial charge in [-0.1, -0.05) is 0 Å². The van der Waals surface area contributed by atoms with E-state index in [0.29, 0.717) is 19.4 Å². The lowest BCUT2D eigenvalue weighted by molar-refractivity contribution is -0.166. The third-order valence-corrected chi connectivity index (χ3v) is 5.49. The van der Waals surface area contributed by atoms with Crippen molar-refractivity contribution < 1.29 is 59.0 Å². The van der Waals surface area contributed by atoms with Crippen LogP contribution >= 0.6 is 0 Å². The number of aliphatic carboxylic acids is 1. The van der Waals surface area contributed by atoms with Crippen LogP contribution in [0.4, 0.5) is 4.79 Å². The highest BCUT2D eigenvalue weighted by Gasteiger charge is 2.37. The molecular formula is C24H44N4O12. The predicted octanol–water partition coefficient (Wildman–Crippen LogP) is -2.52. The van der Waals surface area contributed by atoms with Crippen molar-refractivity contribution in [3.63, 3.8) is 0 Å². The number of carboxylic acids is 1. The highest BCUT2D eigenvalue weighted by molar-refractivity contribution is 5.89. The number of aliphatic hydroxyl groups is 4. The van der Waals surface area contributed by atoms with Gasteiger partial charge in [-0.3, -0.25) is 9.59 Å². The number of esters is 1. The first-order valence-corrected chi connectivity index (χ1v) is 12.9. The first-order chi connectivity index (χ1) is 18.5. The topological polar surface area (TPSA) is 267 Å². The molecular weight excluding hydrogens is 536 g/mol. The number of alkyl carbamates (subject to hydrolysis) is 1. The maximum Gasteiger partial charge on any atom is 0.408 e. The van der Waals surface area contributed by atoms with Gasteiger partial charge in [0.1, 0.15) is 29.9 Å². The summed E-state index contributed by atoms with van der Waals surface area (Å²) in [6, 6.07) is -2.08. The van der Waals surface area contributed by atoms with Gasteiger partial charge in [-0.2, -0.15) is 0 Å². The Bertz CT molecular complexity index is 835. The van der Waals surface area contributed by atoms with Gasteiger partial charge in [0.2, 0.25) is 5.91 Å². The second-order valence-electron chi connectivity index (χ2n) is 10.1. The maximum atomic E-state index is 13.0. The Morgan fingerprint density at radius 3 is 1.88 bits per heavy atom. The van der Waals surface area contributed by atoms with Crippen LogP contribution in [0.2, 0.25) is 0 Å². The summed E-state index contributed by atoms with van der Waals surface area (Å²) in [5.41, 5.74) is 4.64. The van der Waals surface area contributed by atoms with E-state index in [1.54, 1.807) is 20.8 Å². The van der Waals surface area contributed by atoms with Crippen LogP contribution in [0.3, 0.4) is 0 Å². The van der Waals surface area contributed by atoms with Crippen molar-refractivity contribution in [3.05, 3.63) is 0 Å². The molecule has 0 rings (SSSR count). The van der Waals surface area contributed by atoms with Gasteiger partial charge in [0.15, 0.2) is 12.2 Å².